The summed E-state index contributed by atoms with van der Waals surface area (Å²) >= 11 is 1.11. The van der Waals surface area contributed by atoms with Crippen molar-refractivity contribution in [3.8, 4) is 0 Å². The molecule has 0 bridgehead atoms. The molecule has 0 spiro atoms. The number of anilines is 1. The van der Waals surface area contributed by atoms with E-state index in [1.807, 2.05) is 31.2 Å². The highest BCUT2D eigenvalue weighted by Crippen LogP contribution is 2.35. The Bertz CT molecular complexity index is 1580. The molecule has 0 radical (unpaired) electrons. The average molecular weight is 492 g/mol. The molecule has 0 fully saturated rings. The molecule has 0 saturated heterocycles. The number of carbonyl (C=O) groups is 2. The highest BCUT2D eigenvalue weighted by atomic mass is 32.1. The van der Waals surface area contributed by atoms with Crippen LogP contribution < -0.4 is 19.8 Å². The third-order valence-electron chi connectivity index (χ3n) is 6.14. The van der Waals surface area contributed by atoms with Gasteiger partial charge in [0.1, 0.15) is 10.3 Å². The number of allylic oxidation sites excluding steroid dienone is 1. The quantitative estimate of drug-likeness (QED) is 0.526. The number of nitrogens with zero attached hydrogens (tertiary/aromatic N) is 3. The fourth-order valence-corrected chi connectivity index (χ4v) is 5.75. The predicted octanol–water partition coefficient (Wildman–Crippen LogP) is 2.67. The van der Waals surface area contributed by atoms with E-state index in [4.69, 9.17) is 4.74 Å². The molecule has 7 nitrogen and oxygen atoms in total. The van der Waals surface area contributed by atoms with Crippen molar-refractivity contribution in [3.63, 3.8) is 0 Å². The van der Waals surface area contributed by atoms with Gasteiger partial charge in [0.05, 0.1) is 35.2 Å². The predicted molar refractivity (Wildman–Crippen MR) is 130 cm³/mol. The van der Waals surface area contributed by atoms with Crippen molar-refractivity contribution in [1.29, 1.82) is 0 Å². The normalized spacial score (nSPS) is 18.3. The highest BCUT2D eigenvalue weighted by Gasteiger charge is 2.36. The summed E-state index contributed by atoms with van der Waals surface area (Å²) in [6, 6.07) is 12.1. The lowest BCUT2D eigenvalue weighted by molar-refractivity contribution is -0.139. The summed E-state index contributed by atoms with van der Waals surface area (Å²) in [6.07, 6.45) is 0. The van der Waals surface area contributed by atoms with Crippen LogP contribution in [0.25, 0.3) is 5.57 Å². The third-order valence-corrected chi connectivity index (χ3v) is 7.20. The third kappa shape index (κ3) is 3.54. The van der Waals surface area contributed by atoms with Crippen molar-refractivity contribution >= 4 is 34.5 Å². The van der Waals surface area contributed by atoms with Crippen LogP contribution in [0.4, 0.5) is 10.1 Å². The zero-order valence-corrected chi connectivity index (χ0v) is 20.2. The van der Waals surface area contributed by atoms with Crippen molar-refractivity contribution in [2.24, 2.45) is 4.99 Å². The van der Waals surface area contributed by atoms with Gasteiger partial charge >= 0.3 is 5.97 Å². The maximum atomic E-state index is 13.9. The molecule has 9 heteroatoms. The van der Waals surface area contributed by atoms with Crippen LogP contribution in [-0.2, 0) is 14.3 Å². The van der Waals surface area contributed by atoms with E-state index in [0.29, 0.717) is 33.7 Å². The van der Waals surface area contributed by atoms with Crippen molar-refractivity contribution in [3.05, 3.63) is 96.4 Å². The lowest BCUT2D eigenvalue weighted by atomic mass is 9.96. The van der Waals surface area contributed by atoms with Gasteiger partial charge in [-0.1, -0.05) is 41.7 Å². The van der Waals surface area contributed by atoms with Crippen LogP contribution in [0.1, 0.15) is 37.9 Å². The molecule has 1 unspecified atom stereocenters. The van der Waals surface area contributed by atoms with Gasteiger partial charge in [0.15, 0.2) is 4.80 Å². The summed E-state index contributed by atoms with van der Waals surface area (Å²) in [7, 11) is 0. The van der Waals surface area contributed by atoms with E-state index in [1.54, 1.807) is 18.7 Å². The molecule has 0 aliphatic carbocycles. The Kier molecular flexibility index (Phi) is 5.72. The van der Waals surface area contributed by atoms with Crippen LogP contribution in [0.5, 0.6) is 0 Å². The number of carbonyl (C=O) groups excluding carboxylic acids is 2. The Hall–Kier alpha value is -3.85. The Morgan fingerprint density at radius 2 is 1.83 bits per heavy atom. The number of para-hydroxylation sites is 1. The molecule has 5 rings (SSSR count). The second-order valence-corrected chi connectivity index (χ2v) is 9.09. The number of amides is 1. The fraction of sp³-hybridized carbons (Fsp3) is 0.231. The van der Waals surface area contributed by atoms with Crippen LogP contribution in [0.3, 0.4) is 0 Å². The number of hydrogen-bond acceptors (Lipinski definition) is 6. The minimum atomic E-state index is -0.866. The molecule has 178 valence electrons. The molecule has 1 atom stereocenters. The number of hydrogen-bond donors (Lipinski definition) is 0. The molecule has 1 aromatic heterocycles. The van der Waals surface area contributed by atoms with Gasteiger partial charge in [0, 0.05) is 12.1 Å². The second-order valence-electron chi connectivity index (χ2n) is 8.12. The topological polar surface area (TPSA) is 81.0 Å². The minimum absolute atomic E-state index is 0.151. The monoisotopic (exact) mass is 491 g/mol. The maximum Gasteiger partial charge on any atom is 0.338 e. The molecule has 3 heterocycles. The van der Waals surface area contributed by atoms with Crippen LogP contribution in [0.2, 0.25) is 0 Å². The van der Waals surface area contributed by atoms with Gasteiger partial charge in [-0.2, -0.15) is 0 Å². The van der Waals surface area contributed by atoms with Crippen molar-refractivity contribution < 1.29 is 18.7 Å². The van der Waals surface area contributed by atoms with E-state index in [0.717, 1.165) is 17.0 Å². The summed E-state index contributed by atoms with van der Waals surface area (Å²) in [5.41, 5.74) is 2.47. The Labute approximate surface area is 204 Å². The zero-order chi connectivity index (χ0) is 24.9. The molecular formula is C26H22FN3O4S. The van der Waals surface area contributed by atoms with E-state index < -0.39 is 23.4 Å². The van der Waals surface area contributed by atoms with Crippen LogP contribution in [0, 0.1) is 5.82 Å². The van der Waals surface area contributed by atoms with Crippen LogP contribution >= 0.6 is 11.3 Å². The number of thiazole rings is 1. The number of halogens is 1. The number of rotatable bonds is 4. The molecule has 35 heavy (non-hydrogen) atoms. The van der Waals surface area contributed by atoms with Crippen LogP contribution in [0.15, 0.2) is 69.6 Å². The zero-order valence-electron chi connectivity index (χ0n) is 19.4. The molecule has 1 amide bonds. The Morgan fingerprint density at radius 1 is 1.11 bits per heavy atom. The molecule has 0 N–H and O–H groups in total. The number of esters is 1. The molecule has 0 saturated carbocycles. The first-order valence-electron chi connectivity index (χ1n) is 11.3. The van der Waals surface area contributed by atoms with Gasteiger partial charge in [0.25, 0.3) is 11.5 Å². The van der Waals surface area contributed by atoms with E-state index in [1.165, 1.54) is 28.8 Å². The Balaban J connectivity index is 1.83. The molecule has 2 aliphatic heterocycles. The lowest BCUT2D eigenvalue weighted by Gasteiger charge is -2.24. The smallest absolute Gasteiger partial charge is 0.338 e. The van der Waals surface area contributed by atoms with Gasteiger partial charge in [-0.15, -0.1) is 0 Å². The summed E-state index contributed by atoms with van der Waals surface area (Å²) in [4.78, 5) is 46.8. The lowest BCUT2D eigenvalue weighted by Crippen LogP contribution is -2.41. The Morgan fingerprint density at radius 3 is 2.51 bits per heavy atom. The summed E-state index contributed by atoms with van der Waals surface area (Å²) in [5, 5.41) is 0. The number of ether oxygens (including phenoxy) is 1. The highest BCUT2D eigenvalue weighted by molar-refractivity contribution is 7.07. The summed E-state index contributed by atoms with van der Waals surface area (Å²) in [5.74, 6) is -1.28. The standard InChI is InChI=1S/C26H22FN3O4S/c1-4-29-18-9-7-6-8-17(18)20(23(29)31)22-24(32)30-21(15-10-12-16(27)13-11-15)19(25(33)34-5-2)14(3)28-26(30)35-22/h6-13,21H,4-5H2,1-3H3/b22-20+. The van der Waals surface area contributed by atoms with E-state index in [-0.39, 0.29) is 22.6 Å². The summed E-state index contributed by atoms with van der Waals surface area (Å²) < 4.78 is 20.6. The molecular weight excluding hydrogens is 469 g/mol. The number of benzene rings is 2. The van der Waals surface area contributed by atoms with Gasteiger partial charge in [-0.25, -0.2) is 14.2 Å². The van der Waals surface area contributed by atoms with Gasteiger partial charge < -0.3 is 9.64 Å². The van der Waals surface area contributed by atoms with E-state index in [2.05, 4.69) is 4.99 Å². The number of aromatic nitrogens is 1. The molecule has 2 aliphatic rings. The number of likely N-dealkylation sites (N-methyl/N-ethyl adjacent to an activating group) is 1. The molecule has 2 aromatic carbocycles. The van der Waals surface area contributed by atoms with Gasteiger partial charge in [0.2, 0.25) is 0 Å². The molecule has 3 aromatic rings. The van der Waals surface area contributed by atoms with Crippen molar-refractivity contribution in [2.75, 3.05) is 18.1 Å². The van der Waals surface area contributed by atoms with Crippen LogP contribution in [-0.4, -0.2) is 29.6 Å². The van der Waals surface area contributed by atoms with Gasteiger partial charge in [-0.3, -0.25) is 14.2 Å². The first kappa shape index (κ1) is 22.9. The second kappa shape index (κ2) is 8.74. The van der Waals surface area contributed by atoms with Crippen molar-refractivity contribution in [2.45, 2.75) is 26.8 Å². The largest absolute Gasteiger partial charge is 0.463 e. The minimum Gasteiger partial charge on any atom is -0.463 e. The van der Waals surface area contributed by atoms with Crippen molar-refractivity contribution in [1.82, 2.24) is 4.57 Å². The maximum absolute atomic E-state index is 13.9. The fourth-order valence-electron chi connectivity index (χ4n) is 4.62. The van der Waals surface area contributed by atoms with Gasteiger partial charge in [-0.05, 0) is 44.5 Å². The SMILES string of the molecule is CCOC(=O)C1=C(C)N=c2s/c(=C3/C(=O)N(CC)c4ccccc43)c(=O)n2C1c1ccc(F)cc1. The average Bonchev–Trinajstić information content (AvgIpc) is 3.31. The van der Waals surface area contributed by atoms with E-state index >= 15 is 0 Å². The first-order valence-corrected chi connectivity index (χ1v) is 12.1. The summed E-state index contributed by atoms with van der Waals surface area (Å²) in [6.45, 7) is 5.86. The first-order chi connectivity index (χ1) is 16.9. The van der Waals surface area contributed by atoms with E-state index in [9.17, 15) is 18.8 Å². The number of fused-ring (bicyclic) bond motifs is 2.